The molecule has 2 heterocycles. The van der Waals surface area contributed by atoms with E-state index in [-0.39, 0.29) is 24.0 Å². The van der Waals surface area contributed by atoms with Gasteiger partial charge in [0.2, 0.25) is 0 Å². The smallest absolute Gasteiger partial charge is 0.191 e. The number of guanidine groups is 1. The Morgan fingerprint density at radius 3 is 2.41 bits per heavy atom. The van der Waals surface area contributed by atoms with Crippen LogP contribution >= 0.6 is 24.0 Å². The molecule has 6 nitrogen and oxygen atoms in total. The summed E-state index contributed by atoms with van der Waals surface area (Å²) in [6, 6.07) is 8.70. The van der Waals surface area contributed by atoms with Gasteiger partial charge >= 0.3 is 0 Å². The first-order chi connectivity index (χ1) is 13.8. The Morgan fingerprint density at radius 1 is 0.966 bits per heavy atom. The van der Waals surface area contributed by atoms with E-state index in [1.165, 1.54) is 56.4 Å². The number of hydrogen-bond donors (Lipinski definition) is 2. The second-order valence-electron chi connectivity index (χ2n) is 7.77. The van der Waals surface area contributed by atoms with Gasteiger partial charge in [-0.05, 0) is 56.4 Å². The topological polar surface area (TPSA) is 52.1 Å². The molecular weight excluding hydrogens is 477 g/mol. The number of benzene rings is 1. The molecule has 29 heavy (non-hydrogen) atoms. The molecule has 7 heteroatoms. The third-order valence-electron chi connectivity index (χ3n) is 5.68. The summed E-state index contributed by atoms with van der Waals surface area (Å²) in [5, 5.41) is 6.94. The minimum absolute atomic E-state index is 0. The van der Waals surface area contributed by atoms with Crippen molar-refractivity contribution in [3.8, 4) is 0 Å². The molecule has 0 unspecified atom stereocenters. The van der Waals surface area contributed by atoms with Crippen molar-refractivity contribution in [1.29, 1.82) is 0 Å². The Labute approximate surface area is 193 Å². The van der Waals surface area contributed by atoms with Gasteiger partial charge in [0.05, 0.1) is 13.2 Å². The molecule has 1 aromatic carbocycles. The van der Waals surface area contributed by atoms with Crippen LogP contribution in [0.5, 0.6) is 0 Å². The standard InChI is InChI=1S/C22H37N5O.HI/c1-23-22(24-10-4-5-11-26-12-6-7-13-26)25-18-20-8-2-3-9-21(20)19-27-14-16-28-17-15-27;/h2-3,8-9H,4-7,10-19H2,1H3,(H2,23,24,25);1H. The van der Waals surface area contributed by atoms with E-state index in [4.69, 9.17) is 4.74 Å². The highest BCUT2D eigenvalue weighted by Gasteiger charge is 2.13. The maximum Gasteiger partial charge on any atom is 0.191 e. The van der Waals surface area contributed by atoms with E-state index in [1.54, 1.807) is 0 Å². The van der Waals surface area contributed by atoms with Crippen molar-refractivity contribution < 1.29 is 4.74 Å². The molecule has 2 aliphatic heterocycles. The van der Waals surface area contributed by atoms with Crippen LogP contribution in [0.4, 0.5) is 0 Å². The minimum atomic E-state index is 0. The molecule has 2 N–H and O–H groups in total. The van der Waals surface area contributed by atoms with Crippen LogP contribution in [-0.4, -0.2) is 75.3 Å². The monoisotopic (exact) mass is 515 g/mol. The average molecular weight is 515 g/mol. The second kappa shape index (κ2) is 14.2. The summed E-state index contributed by atoms with van der Waals surface area (Å²) >= 11 is 0. The number of rotatable bonds is 9. The van der Waals surface area contributed by atoms with Crippen LogP contribution in [0.25, 0.3) is 0 Å². The van der Waals surface area contributed by atoms with Crippen LogP contribution in [0.3, 0.4) is 0 Å². The molecule has 164 valence electrons. The van der Waals surface area contributed by atoms with E-state index >= 15 is 0 Å². The lowest BCUT2D eigenvalue weighted by molar-refractivity contribution is 0.0341. The normalized spacial score (nSPS) is 18.4. The number of unbranched alkanes of at least 4 members (excludes halogenated alkanes) is 1. The second-order valence-corrected chi connectivity index (χ2v) is 7.77. The highest BCUT2D eigenvalue weighted by Crippen LogP contribution is 2.13. The molecule has 0 aromatic heterocycles. The molecule has 0 aliphatic carbocycles. The SMILES string of the molecule is CN=C(NCCCCN1CCCC1)NCc1ccccc1CN1CCOCC1.I. The number of likely N-dealkylation sites (tertiary alicyclic amines) is 1. The zero-order chi connectivity index (χ0) is 19.4. The number of aliphatic imine (C=N–C) groups is 1. The molecule has 0 amide bonds. The van der Waals surface area contributed by atoms with E-state index in [9.17, 15) is 0 Å². The summed E-state index contributed by atoms with van der Waals surface area (Å²) < 4.78 is 5.46. The number of hydrogen-bond acceptors (Lipinski definition) is 4. The number of morpholine rings is 1. The van der Waals surface area contributed by atoms with Crippen LogP contribution in [0.15, 0.2) is 29.3 Å². The van der Waals surface area contributed by atoms with Gasteiger partial charge in [-0.3, -0.25) is 9.89 Å². The van der Waals surface area contributed by atoms with Gasteiger partial charge in [-0.2, -0.15) is 0 Å². The van der Waals surface area contributed by atoms with Crippen LogP contribution < -0.4 is 10.6 Å². The molecule has 0 atom stereocenters. The third kappa shape index (κ3) is 8.78. The fourth-order valence-corrected chi connectivity index (χ4v) is 3.96. The average Bonchev–Trinajstić information content (AvgIpc) is 3.25. The van der Waals surface area contributed by atoms with E-state index < -0.39 is 0 Å². The van der Waals surface area contributed by atoms with Crippen molar-refractivity contribution in [3.05, 3.63) is 35.4 Å². The van der Waals surface area contributed by atoms with Gasteiger partial charge in [-0.25, -0.2) is 0 Å². The molecule has 0 radical (unpaired) electrons. The van der Waals surface area contributed by atoms with Crippen molar-refractivity contribution in [2.45, 2.75) is 38.8 Å². The number of ether oxygens (including phenoxy) is 1. The van der Waals surface area contributed by atoms with Gasteiger partial charge in [0.25, 0.3) is 0 Å². The Kier molecular flexibility index (Phi) is 11.9. The molecule has 1 aromatic rings. The van der Waals surface area contributed by atoms with Gasteiger partial charge < -0.3 is 20.3 Å². The summed E-state index contributed by atoms with van der Waals surface area (Å²) in [7, 11) is 1.85. The van der Waals surface area contributed by atoms with Crippen molar-refractivity contribution >= 4 is 29.9 Å². The fraction of sp³-hybridized carbons (Fsp3) is 0.682. The Bertz CT molecular complexity index is 601. The fourth-order valence-electron chi connectivity index (χ4n) is 3.96. The first kappa shape index (κ1) is 24.4. The highest BCUT2D eigenvalue weighted by atomic mass is 127. The van der Waals surface area contributed by atoms with Gasteiger partial charge in [0.15, 0.2) is 5.96 Å². The van der Waals surface area contributed by atoms with Crippen molar-refractivity contribution in [1.82, 2.24) is 20.4 Å². The number of nitrogens with one attached hydrogen (secondary N) is 2. The lowest BCUT2D eigenvalue weighted by atomic mass is 10.1. The zero-order valence-corrected chi connectivity index (χ0v) is 20.2. The van der Waals surface area contributed by atoms with Crippen LogP contribution in [0.1, 0.15) is 36.8 Å². The number of nitrogens with zero attached hydrogens (tertiary/aromatic N) is 3. The summed E-state index contributed by atoms with van der Waals surface area (Å²) in [5.74, 6) is 0.891. The van der Waals surface area contributed by atoms with Gasteiger partial charge in [-0.1, -0.05) is 24.3 Å². The maximum atomic E-state index is 5.46. The first-order valence-electron chi connectivity index (χ1n) is 10.9. The van der Waals surface area contributed by atoms with Crippen LogP contribution in [0.2, 0.25) is 0 Å². The third-order valence-corrected chi connectivity index (χ3v) is 5.68. The predicted octanol–water partition coefficient (Wildman–Crippen LogP) is 2.68. The van der Waals surface area contributed by atoms with Crippen LogP contribution in [0, 0.1) is 0 Å². The molecule has 2 saturated heterocycles. The van der Waals surface area contributed by atoms with Crippen molar-refractivity contribution in [2.24, 2.45) is 4.99 Å². The Morgan fingerprint density at radius 2 is 1.69 bits per heavy atom. The predicted molar refractivity (Wildman–Crippen MR) is 131 cm³/mol. The summed E-state index contributed by atoms with van der Waals surface area (Å²) in [4.78, 5) is 9.43. The number of halogens is 1. The minimum Gasteiger partial charge on any atom is -0.379 e. The molecule has 3 rings (SSSR count). The summed E-state index contributed by atoms with van der Waals surface area (Å²) in [6.07, 6.45) is 5.20. The van der Waals surface area contributed by atoms with Crippen LogP contribution in [-0.2, 0) is 17.8 Å². The molecule has 2 fully saturated rings. The van der Waals surface area contributed by atoms with E-state index in [2.05, 4.69) is 49.7 Å². The maximum absolute atomic E-state index is 5.46. The molecule has 0 bridgehead atoms. The van der Waals surface area contributed by atoms with Crippen molar-refractivity contribution in [3.63, 3.8) is 0 Å². The lowest BCUT2D eigenvalue weighted by Crippen LogP contribution is -2.38. The van der Waals surface area contributed by atoms with E-state index in [0.717, 1.165) is 51.9 Å². The Balaban J connectivity index is 0.00000300. The van der Waals surface area contributed by atoms with Gasteiger partial charge in [0.1, 0.15) is 0 Å². The molecule has 0 spiro atoms. The van der Waals surface area contributed by atoms with Gasteiger partial charge in [0, 0.05) is 39.8 Å². The zero-order valence-electron chi connectivity index (χ0n) is 17.9. The van der Waals surface area contributed by atoms with E-state index in [1.807, 2.05) is 7.05 Å². The largest absolute Gasteiger partial charge is 0.379 e. The van der Waals surface area contributed by atoms with Gasteiger partial charge in [-0.15, -0.1) is 24.0 Å². The van der Waals surface area contributed by atoms with E-state index in [0.29, 0.717) is 0 Å². The Hall–Kier alpha value is -0.900. The quantitative estimate of drug-likeness (QED) is 0.229. The molecular formula is C22H38IN5O. The summed E-state index contributed by atoms with van der Waals surface area (Å²) in [5.41, 5.74) is 2.73. The molecule has 0 saturated carbocycles. The van der Waals surface area contributed by atoms with Crippen molar-refractivity contribution in [2.75, 3.05) is 59.5 Å². The highest BCUT2D eigenvalue weighted by molar-refractivity contribution is 14.0. The lowest BCUT2D eigenvalue weighted by Gasteiger charge is -2.27. The molecule has 2 aliphatic rings. The first-order valence-corrected chi connectivity index (χ1v) is 10.9. The summed E-state index contributed by atoms with van der Waals surface area (Å²) in [6.45, 7) is 10.3.